The van der Waals surface area contributed by atoms with Crippen LogP contribution in [0.1, 0.15) is 77.0 Å². The molecule has 3 rings (SSSR count). The minimum atomic E-state index is 0. The van der Waals surface area contributed by atoms with E-state index in [2.05, 4.69) is 16.0 Å². The number of rotatable bonds is 0. The summed E-state index contributed by atoms with van der Waals surface area (Å²) in [5, 5.41) is 8.42. The van der Waals surface area contributed by atoms with Crippen LogP contribution >= 0.6 is 9.90 Å². The average molecular weight is 370 g/mol. The van der Waals surface area contributed by atoms with E-state index < -0.39 is 0 Å². The first-order chi connectivity index (χ1) is 11.7. The van der Waals surface area contributed by atoms with Crippen LogP contribution in [0.2, 0.25) is 0 Å². The smallest absolute Gasteiger partial charge is 0.219 e. The molecule has 0 saturated carbocycles. The largest absolute Gasteiger partial charge is 0.356 e. The summed E-state index contributed by atoms with van der Waals surface area (Å²) >= 11 is 0. The molecule has 3 N–H and O–H groups in total. The molecule has 0 bridgehead atoms. The van der Waals surface area contributed by atoms with Crippen LogP contribution in [0.15, 0.2) is 0 Å². The highest BCUT2D eigenvalue weighted by molar-refractivity contribution is 6.92. The van der Waals surface area contributed by atoms with E-state index in [0.717, 1.165) is 77.4 Å². The van der Waals surface area contributed by atoms with Crippen LogP contribution in [0.4, 0.5) is 0 Å². The molecule has 3 amide bonds. The fourth-order valence-electron chi connectivity index (χ4n) is 2.71. The first kappa shape index (κ1) is 23.8. The summed E-state index contributed by atoms with van der Waals surface area (Å²) < 4.78 is 0. The Kier molecular flexibility index (Phi) is 15.6. The number of carbonyl (C=O) groups is 3. The molecule has 0 aromatic carbocycles. The van der Waals surface area contributed by atoms with Crippen molar-refractivity contribution >= 4 is 27.6 Å². The fourth-order valence-corrected chi connectivity index (χ4v) is 2.71. The summed E-state index contributed by atoms with van der Waals surface area (Å²) in [4.78, 5) is 31.7. The van der Waals surface area contributed by atoms with E-state index in [1.807, 2.05) is 0 Å². The Hall–Kier alpha value is -1.16. The number of hydrogen-bond acceptors (Lipinski definition) is 3. The van der Waals surface area contributed by atoms with Crippen LogP contribution in [-0.4, -0.2) is 37.4 Å². The van der Waals surface area contributed by atoms with Gasteiger partial charge in [-0.3, -0.25) is 14.4 Å². The molecule has 0 atom stereocenters. The average Bonchev–Trinajstić information content (AvgIpc) is 3.05. The predicted octanol–water partition coefficient (Wildman–Crippen LogP) is 2.89. The highest BCUT2D eigenvalue weighted by Crippen LogP contribution is 2.03. The Labute approximate surface area is 155 Å². The third-order valence-corrected chi connectivity index (χ3v) is 4.21. The summed E-state index contributed by atoms with van der Waals surface area (Å²) in [7, 11) is 0. The minimum absolute atomic E-state index is 0. The van der Waals surface area contributed by atoms with Crippen molar-refractivity contribution in [1.82, 2.24) is 16.0 Å². The van der Waals surface area contributed by atoms with Crippen molar-refractivity contribution in [2.45, 2.75) is 77.0 Å². The third kappa shape index (κ3) is 14.9. The lowest BCUT2D eigenvalue weighted by Crippen LogP contribution is -2.21. The van der Waals surface area contributed by atoms with E-state index in [1.165, 1.54) is 19.3 Å². The van der Waals surface area contributed by atoms with Gasteiger partial charge >= 0.3 is 0 Å². The second kappa shape index (κ2) is 16.3. The maximum absolute atomic E-state index is 10.6. The fraction of sp³-hybridized carbons (Fsp3) is 0.833. The van der Waals surface area contributed by atoms with Crippen molar-refractivity contribution in [2.24, 2.45) is 0 Å². The lowest BCUT2D eigenvalue weighted by atomic mass is 10.2. The highest BCUT2D eigenvalue weighted by Gasteiger charge is 2.04. The van der Waals surface area contributed by atoms with Gasteiger partial charge in [-0.15, -0.1) is 0 Å². The summed E-state index contributed by atoms with van der Waals surface area (Å²) in [6.45, 7) is 2.66. The lowest BCUT2D eigenvalue weighted by molar-refractivity contribution is -0.121. The molecule has 0 aliphatic carbocycles. The summed E-state index contributed by atoms with van der Waals surface area (Å²) in [5.41, 5.74) is 0. The van der Waals surface area contributed by atoms with Gasteiger partial charge in [0.25, 0.3) is 0 Å². The molecule has 0 aromatic rings. The zero-order valence-corrected chi connectivity index (χ0v) is 16.2. The SMILES string of the molecule is O=C1CCCCCN1.O=C1CCCCCN1.O=C1CCCCCN1.[P]. The van der Waals surface area contributed by atoms with Crippen LogP contribution in [0.3, 0.4) is 0 Å². The van der Waals surface area contributed by atoms with Gasteiger partial charge in [-0.05, 0) is 38.5 Å². The summed E-state index contributed by atoms with van der Waals surface area (Å²) in [5.74, 6) is 0.674. The van der Waals surface area contributed by atoms with Crippen LogP contribution < -0.4 is 16.0 Å². The molecule has 0 unspecified atom stereocenters. The van der Waals surface area contributed by atoms with E-state index in [-0.39, 0.29) is 27.6 Å². The van der Waals surface area contributed by atoms with E-state index in [0.29, 0.717) is 0 Å². The van der Waals surface area contributed by atoms with E-state index in [1.54, 1.807) is 0 Å². The second-order valence-electron chi connectivity index (χ2n) is 6.48. The Morgan fingerprint density at radius 3 is 1.00 bits per heavy atom. The van der Waals surface area contributed by atoms with Gasteiger partial charge in [-0.25, -0.2) is 0 Å². The maximum Gasteiger partial charge on any atom is 0.219 e. The quantitative estimate of drug-likeness (QED) is 0.573. The van der Waals surface area contributed by atoms with Crippen molar-refractivity contribution in [3.8, 4) is 0 Å². The molecule has 7 heteroatoms. The highest BCUT2D eigenvalue weighted by atomic mass is 31.0. The van der Waals surface area contributed by atoms with Crippen molar-refractivity contribution < 1.29 is 14.4 Å². The van der Waals surface area contributed by atoms with Crippen LogP contribution in [0.5, 0.6) is 0 Å². The number of hydrogen-bond donors (Lipinski definition) is 3. The van der Waals surface area contributed by atoms with Crippen LogP contribution in [-0.2, 0) is 14.4 Å². The molecular formula is C18H33N3O3P. The van der Waals surface area contributed by atoms with Crippen molar-refractivity contribution in [2.75, 3.05) is 19.6 Å². The van der Waals surface area contributed by atoms with E-state index in [4.69, 9.17) is 0 Å². The summed E-state index contributed by atoms with van der Waals surface area (Å²) in [6, 6.07) is 0. The first-order valence-electron chi connectivity index (χ1n) is 9.48. The van der Waals surface area contributed by atoms with Gasteiger partial charge in [0.2, 0.25) is 17.7 Å². The minimum Gasteiger partial charge on any atom is -0.356 e. The molecule has 3 radical (unpaired) electrons. The number of carbonyl (C=O) groups excluding carboxylic acids is 3. The number of nitrogens with one attached hydrogen (secondary N) is 3. The van der Waals surface area contributed by atoms with E-state index >= 15 is 0 Å². The predicted molar refractivity (Wildman–Crippen MR) is 101 cm³/mol. The number of amides is 3. The van der Waals surface area contributed by atoms with Crippen LogP contribution in [0, 0.1) is 0 Å². The second-order valence-corrected chi connectivity index (χ2v) is 6.48. The Bertz CT molecular complexity index is 305. The van der Waals surface area contributed by atoms with Gasteiger partial charge in [-0.1, -0.05) is 19.3 Å². The van der Waals surface area contributed by atoms with Crippen molar-refractivity contribution in [1.29, 1.82) is 0 Å². The lowest BCUT2D eigenvalue weighted by Gasteiger charge is -1.93. The molecule has 3 saturated heterocycles. The van der Waals surface area contributed by atoms with Crippen molar-refractivity contribution in [3.63, 3.8) is 0 Å². The standard InChI is InChI=1S/3C6H11NO.P/c3*8-6-4-2-1-3-5-7-6;/h3*1-5H2,(H,7,8);. The molecule has 3 fully saturated rings. The van der Waals surface area contributed by atoms with Gasteiger partial charge in [0.15, 0.2) is 0 Å². The molecule has 6 nitrogen and oxygen atoms in total. The van der Waals surface area contributed by atoms with Crippen molar-refractivity contribution in [3.05, 3.63) is 0 Å². The van der Waals surface area contributed by atoms with Gasteiger partial charge in [0, 0.05) is 48.8 Å². The maximum atomic E-state index is 10.6. The van der Waals surface area contributed by atoms with Gasteiger partial charge in [-0.2, -0.15) is 0 Å². The Balaban J connectivity index is 0.000000339. The molecule has 143 valence electrons. The Morgan fingerprint density at radius 2 is 0.720 bits per heavy atom. The van der Waals surface area contributed by atoms with Gasteiger partial charge < -0.3 is 16.0 Å². The molecular weight excluding hydrogens is 337 g/mol. The molecule has 25 heavy (non-hydrogen) atoms. The first-order valence-corrected chi connectivity index (χ1v) is 9.48. The zero-order valence-electron chi connectivity index (χ0n) is 15.3. The topological polar surface area (TPSA) is 87.3 Å². The normalized spacial score (nSPS) is 20.9. The molecule has 3 aliphatic rings. The van der Waals surface area contributed by atoms with Gasteiger partial charge in [0.1, 0.15) is 0 Å². The molecule has 0 aromatic heterocycles. The summed E-state index contributed by atoms with van der Waals surface area (Å²) in [6.07, 6.45) is 12.5. The molecule has 0 spiro atoms. The molecule has 3 aliphatic heterocycles. The van der Waals surface area contributed by atoms with E-state index in [9.17, 15) is 14.4 Å². The van der Waals surface area contributed by atoms with Crippen LogP contribution in [0.25, 0.3) is 0 Å². The zero-order chi connectivity index (χ0) is 17.5. The monoisotopic (exact) mass is 370 g/mol. The molecule has 3 heterocycles. The Morgan fingerprint density at radius 1 is 0.440 bits per heavy atom. The third-order valence-electron chi connectivity index (χ3n) is 4.21. The van der Waals surface area contributed by atoms with Gasteiger partial charge in [0.05, 0.1) is 0 Å².